The molecule has 5 rings (SSSR count). The summed E-state index contributed by atoms with van der Waals surface area (Å²) in [5.41, 5.74) is 1.56. The second-order valence-electron chi connectivity index (χ2n) is 8.86. The number of carbonyl (C=O) groups is 2. The summed E-state index contributed by atoms with van der Waals surface area (Å²) in [6.07, 6.45) is -1.44. The molecule has 0 N–H and O–H groups in total. The Morgan fingerprint density at radius 2 is 1.93 bits per heavy atom. The van der Waals surface area contributed by atoms with Gasteiger partial charge in [-0.05, 0) is 19.9 Å². The molecule has 3 aliphatic heterocycles. The van der Waals surface area contributed by atoms with Crippen molar-refractivity contribution < 1.29 is 28.5 Å². The first-order valence-corrected chi connectivity index (χ1v) is 9.52. The minimum Gasteiger partial charge on any atom is -0.462 e. The second-order valence-corrected chi connectivity index (χ2v) is 8.86. The van der Waals surface area contributed by atoms with E-state index in [2.05, 4.69) is 4.57 Å². The molecule has 1 aromatic carbocycles. The Morgan fingerprint density at radius 3 is 2.64 bits per heavy atom. The summed E-state index contributed by atoms with van der Waals surface area (Å²) < 4.78 is 25.0. The Bertz CT molecular complexity index is 1000. The van der Waals surface area contributed by atoms with E-state index >= 15 is 0 Å². The molecule has 3 atom stereocenters. The molecule has 28 heavy (non-hydrogen) atoms. The smallest absolute Gasteiger partial charge is 0.348 e. The molecule has 0 amide bonds. The number of nitrogens with zero attached hydrogens (tertiary/aromatic N) is 1. The van der Waals surface area contributed by atoms with E-state index in [1.165, 1.54) is 0 Å². The Balaban J connectivity index is 1.60. The second kappa shape index (κ2) is 5.58. The van der Waals surface area contributed by atoms with Crippen LogP contribution in [0.2, 0.25) is 0 Å². The van der Waals surface area contributed by atoms with E-state index in [1.54, 1.807) is 0 Å². The van der Waals surface area contributed by atoms with Gasteiger partial charge in [-0.1, -0.05) is 32.0 Å². The molecule has 4 heterocycles. The number of fused-ring (bicyclic) bond motifs is 5. The highest BCUT2D eigenvalue weighted by Crippen LogP contribution is 2.48. The van der Waals surface area contributed by atoms with Crippen molar-refractivity contribution in [2.75, 3.05) is 6.61 Å². The molecule has 0 radical (unpaired) electrons. The maximum absolute atomic E-state index is 13.3. The van der Waals surface area contributed by atoms with Crippen LogP contribution in [0.15, 0.2) is 24.3 Å². The van der Waals surface area contributed by atoms with E-state index in [4.69, 9.17) is 18.9 Å². The standard InChI is InChI=1S/C21H23NO6/c1-20(2)10-25-19(24)17(20)26-18(23)14-11-7-5-6-8-12(11)22-9-13-16(15(14)22)28-21(3,4)27-13/h5-8,13,16-17H,9-10H2,1-4H3/t13-,16-,17-/m0/s1. The van der Waals surface area contributed by atoms with Gasteiger partial charge < -0.3 is 23.5 Å². The molecule has 0 unspecified atom stereocenters. The van der Waals surface area contributed by atoms with E-state index < -0.39 is 29.2 Å². The molecule has 7 nitrogen and oxygen atoms in total. The number of rotatable bonds is 2. The first-order valence-electron chi connectivity index (χ1n) is 9.52. The maximum Gasteiger partial charge on any atom is 0.348 e. The number of benzene rings is 1. The van der Waals surface area contributed by atoms with Gasteiger partial charge in [-0.2, -0.15) is 0 Å². The van der Waals surface area contributed by atoms with Crippen molar-refractivity contribution in [2.45, 2.75) is 58.3 Å². The van der Waals surface area contributed by atoms with E-state index in [0.29, 0.717) is 12.1 Å². The summed E-state index contributed by atoms with van der Waals surface area (Å²) in [5.74, 6) is -1.75. The number of esters is 2. The van der Waals surface area contributed by atoms with Crippen LogP contribution in [0.4, 0.5) is 0 Å². The molecule has 2 saturated heterocycles. The largest absolute Gasteiger partial charge is 0.462 e. The zero-order chi connectivity index (χ0) is 19.8. The Morgan fingerprint density at radius 1 is 1.18 bits per heavy atom. The fourth-order valence-corrected chi connectivity index (χ4v) is 4.51. The minimum atomic E-state index is -0.927. The van der Waals surface area contributed by atoms with Gasteiger partial charge in [0.1, 0.15) is 18.8 Å². The van der Waals surface area contributed by atoms with Crippen molar-refractivity contribution in [3.63, 3.8) is 0 Å². The summed E-state index contributed by atoms with van der Waals surface area (Å²) in [5, 5.41) is 0.790. The summed E-state index contributed by atoms with van der Waals surface area (Å²) in [7, 11) is 0. The fourth-order valence-electron chi connectivity index (χ4n) is 4.51. The molecule has 0 bridgehead atoms. The van der Waals surface area contributed by atoms with Crippen LogP contribution < -0.4 is 0 Å². The lowest BCUT2D eigenvalue weighted by Gasteiger charge is -2.22. The monoisotopic (exact) mass is 385 g/mol. The van der Waals surface area contributed by atoms with Gasteiger partial charge in [0.25, 0.3) is 0 Å². The van der Waals surface area contributed by atoms with E-state index in [1.807, 2.05) is 52.0 Å². The Labute approximate surface area is 162 Å². The molecule has 1 aromatic heterocycles. The Kier molecular flexibility index (Phi) is 3.53. The highest BCUT2D eigenvalue weighted by atomic mass is 16.8. The highest BCUT2D eigenvalue weighted by Gasteiger charge is 2.51. The number of hydrogen-bond donors (Lipinski definition) is 0. The SMILES string of the molecule is CC1(C)O[C@H]2Cn3c(c(C(=O)O[C@H]4C(=O)OCC4(C)C)c4ccccc43)[C@H]2O1. The van der Waals surface area contributed by atoms with Crippen LogP contribution in [0.1, 0.15) is 49.9 Å². The van der Waals surface area contributed by atoms with Crippen molar-refractivity contribution in [2.24, 2.45) is 5.41 Å². The lowest BCUT2D eigenvalue weighted by Crippen LogP contribution is -2.35. The van der Waals surface area contributed by atoms with Gasteiger partial charge in [-0.15, -0.1) is 0 Å². The normalized spacial score (nSPS) is 29.6. The predicted molar refractivity (Wildman–Crippen MR) is 98.7 cm³/mol. The van der Waals surface area contributed by atoms with Gasteiger partial charge in [-0.25, -0.2) is 9.59 Å². The molecule has 3 aliphatic rings. The lowest BCUT2D eigenvalue weighted by molar-refractivity contribution is -0.151. The molecule has 0 spiro atoms. The van der Waals surface area contributed by atoms with Crippen molar-refractivity contribution in [1.29, 1.82) is 0 Å². The first-order chi connectivity index (χ1) is 13.2. The van der Waals surface area contributed by atoms with Crippen LogP contribution in [0.3, 0.4) is 0 Å². The quantitative estimate of drug-likeness (QED) is 0.740. The molecular weight excluding hydrogens is 362 g/mol. The number of ether oxygens (including phenoxy) is 4. The summed E-state index contributed by atoms with van der Waals surface area (Å²) in [6.45, 7) is 8.28. The first kappa shape index (κ1) is 17.7. The van der Waals surface area contributed by atoms with Crippen molar-refractivity contribution in [3.8, 4) is 0 Å². The number of para-hydroxylation sites is 1. The number of carbonyl (C=O) groups excluding carboxylic acids is 2. The topological polar surface area (TPSA) is 76.0 Å². The molecule has 2 fully saturated rings. The van der Waals surface area contributed by atoms with Crippen LogP contribution in [0, 0.1) is 5.41 Å². The summed E-state index contributed by atoms with van der Waals surface area (Å²) in [4.78, 5) is 25.4. The molecule has 148 valence electrons. The average Bonchev–Trinajstić information content (AvgIpc) is 3.28. The van der Waals surface area contributed by atoms with E-state index in [0.717, 1.165) is 16.6 Å². The highest BCUT2D eigenvalue weighted by molar-refractivity contribution is 6.07. The fraction of sp³-hybridized carbons (Fsp3) is 0.524. The van der Waals surface area contributed by atoms with Gasteiger partial charge >= 0.3 is 11.9 Å². The van der Waals surface area contributed by atoms with Gasteiger partial charge in [0.05, 0.1) is 17.8 Å². The third-order valence-electron chi connectivity index (χ3n) is 5.77. The van der Waals surface area contributed by atoms with Gasteiger partial charge in [-0.3, -0.25) is 0 Å². The van der Waals surface area contributed by atoms with Crippen molar-refractivity contribution >= 4 is 22.8 Å². The number of hydrogen-bond acceptors (Lipinski definition) is 6. The third-order valence-corrected chi connectivity index (χ3v) is 5.77. The van der Waals surface area contributed by atoms with Crippen LogP contribution in [-0.2, 0) is 30.3 Å². The zero-order valence-corrected chi connectivity index (χ0v) is 16.4. The van der Waals surface area contributed by atoms with Gasteiger partial charge in [0.15, 0.2) is 5.79 Å². The lowest BCUT2D eigenvalue weighted by atomic mass is 9.90. The predicted octanol–water partition coefficient (Wildman–Crippen LogP) is 2.96. The van der Waals surface area contributed by atoms with Crippen molar-refractivity contribution in [1.82, 2.24) is 4.57 Å². The summed E-state index contributed by atoms with van der Waals surface area (Å²) in [6, 6.07) is 7.68. The molecule has 2 aromatic rings. The van der Waals surface area contributed by atoms with Crippen LogP contribution in [-0.4, -0.2) is 41.1 Å². The molecule has 7 heteroatoms. The van der Waals surface area contributed by atoms with E-state index in [-0.39, 0.29) is 18.8 Å². The third kappa shape index (κ3) is 2.42. The van der Waals surface area contributed by atoms with Gasteiger partial charge in [0.2, 0.25) is 6.10 Å². The van der Waals surface area contributed by atoms with Gasteiger partial charge in [0, 0.05) is 16.3 Å². The molecular formula is C21H23NO6. The number of aromatic nitrogens is 1. The minimum absolute atomic E-state index is 0.158. The van der Waals surface area contributed by atoms with Crippen LogP contribution in [0.5, 0.6) is 0 Å². The summed E-state index contributed by atoms with van der Waals surface area (Å²) >= 11 is 0. The Hall–Kier alpha value is -2.38. The van der Waals surface area contributed by atoms with E-state index in [9.17, 15) is 9.59 Å². The molecule has 0 aliphatic carbocycles. The average molecular weight is 385 g/mol. The van der Waals surface area contributed by atoms with Crippen LogP contribution >= 0.6 is 0 Å². The molecule has 0 saturated carbocycles. The number of cyclic esters (lactones) is 1. The maximum atomic E-state index is 13.3. The van der Waals surface area contributed by atoms with Crippen molar-refractivity contribution in [3.05, 3.63) is 35.5 Å². The van der Waals surface area contributed by atoms with Crippen LogP contribution in [0.25, 0.3) is 10.9 Å². The zero-order valence-electron chi connectivity index (χ0n) is 16.4.